The number of aromatic amines is 1. The molecule has 30 heavy (non-hydrogen) atoms. The van der Waals surface area contributed by atoms with E-state index in [1.165, 1.54) is 0 Å². The summed E-state index contributed by atoms with van der Waals surface area (Å²) in [6.45, 7) is 2.93. The number of nitrogens with zero attached hydrogens (tertiary/aromatic N) is 4. The Kier molecular flexibility index (Phi) is 5.25. The van der Waals surface area contributed by atoms with Gasteiger partial charge in [-0.3, -0.25) is 14.7 Å². The van der Waals surface area contributed by atoms with Gasteiger partial charge in [0.05, 0.1) is 25.7 Å². The van der Waals surface area contributed by atoms with Gasteiger partial charge in [0, 0.05) is 37.0 Å². The monoisotopic (exact) mass is 409 g/mol. The van der Waals surface area contributed by atoms with E-state index in [-0.39, 0.29) is 36.1 Å². The van der Waals surface area contributed by atoms with Gasteiger partial charge < -0.3 is 14.5 Å². The van der Waals surface area contributed by atoms with Crippen molar-refractivity contribution in [3.05, 3.63) is 36.2 Å². The molecule has 2 atom stereocenters. The van der Waals surface area contributed by atoms with E-state index in [1.807, 2.05) is 40.1 Å². The van der Waals surface area contributed by atoms with Crippen molar-refractivity contribution in [2.75, 3.05) is 32.8 Å². The van der Waals surface area contributed by atoms with Crippen molar-refractivity contribution in [3.8, 4) is 11.4 Å². The second-order valence-electron chi connectivity index (χ2n) is 8.62. The highest BCUT2D eigenvalue weighted by atomic mass is 16.5. The minimum atomic E-state index is -0.106. The summed E-state index contributed by atoms with van der Waals surface area (Å²) >= 11 is 0. The lowest BCUT2D eigenvalue weighted by molar-refractivity contribution is -0.141. The van der Waals surface area contributed by atoms with E-state index in [2.05, 4.69) is 15.2 Å². The number of rotatable bonds is 4. The smallest absolute Gasteiger partial charge is 0.230 e. The highest BCUT2D eigenvalue weighted by Crippen LogP contribution is 2.30. The lowest BCUT2D eigenvalue weighted by atomic mass is 9.84. The first-order valence-electron chi connectivity index (χ1n) is 10.8. The third kappa shape index (κ3) is 3.84. The van der Waals surface area contributed by atoms with Crippen LogP contribution in [0, 0.1) is 11.8 Å². The number of ether oxygens (including phenoxy) is 1. The van der Waals surface area contributed by atoms with Gasteiger partial charge in [-0.2, -0.15) is 5.10 Å². The first-order chi connectivity index (χ1) is 14.7. The van der Waals surface area contributed by atoms with Crippen LogP contribution in [0.5, 0.6) is 0 Å². The van der Waals surface area contributed by atoms with E-state index in [9.17, 15) is 9.59 Å². The Morgan fingerprint density at radius 3 is 2.70 bits per heavy atom. The van der Waals surface area contributed by atoms with Crippen molar-refractivity contribution in [3.63, 3.8) is 0 Å². The summed E-state index contributed by atoms with van der Waals surface area (Å²) < 4.78 is 5.82. The Morgan fingerprint density at radius 2 is 1.93 bits per heavy atom. The van der Waals surface area contributed by atoms with Crippen molar-refractivity contribution in [1.29, 1.82) is 0 Å². The largest absolute Gasteiger partial charge is 0.379 e. The molecule has 2 aromatic rings. The summed E-state index contributed by atoms with van der Waals surface area (Å²) in [6, 6.07) is 9.59. The molecule has 3 heterocycles. The molecule has 1 aromatic carbocycles. The number of fused-ring (bicyclic) bond motifs is 3. The number of amides is 2. The minimum Gasteiger partial charge on any atom is -0.379 e. The third-order valence-corrected chi connectivity index (χ3v) is 6.44. The summed E-state index contributed by atoms with van der Waals surface area (Å²) in [5.41, 5.74) is 0.914. The second-order valence-corrected chi connectivity index (χ2v) is 8.62. The third-order valence-electron chi connectivity index (χ3n) is 6.44. The van der Waals surface area contributed by atoms with Gasteiger partial charge in [-0.15, -0.1) is 0 Å². The number of carbonyl (C=O) groups is 2. The number of aromatic nitrogens is 3. The van der Waals surface area contributed by atoms with Crippen LogP contribution in [0.2, 0.25) is 0 Å². The van der Waals surface area contributed by atoms with Crippen LogP contribution >= 0.6 is 0 Å². The van der Waals surface area contributed by atoms with Crippen molar-refractivity contribution < 1.29 is 14.3 Å². The van der Waals surface area contributed by atoms with Crippen LogP contribution in [0.1, 0.15) is 25.1 Å². The van der Waals surface area contributed by atoms with E-state index in [0.29, 0.717) is 44.5 Å². The molecule has 158 valence electrons. The topological polar surface area (TPSA) is 91.4 Å². The van der Waals surface area contributed by atoms with E-state index >= 15 is 0 Å². The standard InChI is InChI=1S/C22H27N5O3/c28-20(9-19-23-21(25-24-19)16-5-2-1-3-6-16)27-11-15-10-26(12-18(27)14-30-13-15)22(29)17-7-4-8-17/h1-3,5-6,15,17-18H,4,7-14H2,(H,23,24,25)/t15-,18-/m0/s1. The Labute approximate surface area is 175 Å². The molecule has 2 amide bonds. The molecule has 0 spiro atoms. The zero-order chi connectivity index (χ0) is 20.5. The molecule has 0 radical (unpaired) electrons. The molecule has 2 bridgehead atoms. The van der Waals surface area contributed by atoms with Gasteiger partial charge in [0.25, 0.3) is 0 Å². The fourth-order valence-corrected chi connectivity index (χ4v) is 4.58. The fourth-order valence-electron chi connectivity index (χ4n) is 4.58. The molecule has 8 nitrogen and oxygen atoms in total. The molecule has 2 aliphatic heterocycles. The van der Waals surface area contributed by atoms with Crippen LogP contribution in [-0.2, 0) is 20.7 Å². The summed E-state index contributed by atoms with van der Waals surface area (Å²) in [5, 5.41) is 7.16. The normalized spacial score (nSPS) is 24.3. The second kappa shape index (κ2) is 8.18. The van der Waals surface area contributed by atoms with Gasteiger partial charge in [0.2, 0.25) is 11.8 Å². The molecule has 1 aliphatic carbocycles. The highest BCUT2D eigenvalue weighted by molar-refractivity contribution is 5.81. The summed E-state index contributed by atoms with van der Waals surface area (Å²) in [5.74, 6) is 1.74. The summed E-state index contributed by atoms with van der Waals surface area (Å²) in [7, 11) is 0. The van der Waals surface area contributed by atoms with Gasteiger partial charge in [-0.25, -0.2) is 4.98 Å². The molecule has 3 fully saturated rings. The average molecular weight is 409 g/mol. The van der Waals surface area contributed by atoms with Crippen molar-refractivity contribution in [1.82, 2.24) is 25.0 Å². The van der Waals surface area contributed by atoms with Crippen molar-refractivity contribution in [2.24, 2.45) is 11.8 Å². The quantitative estimate of drug-likeness (QED) is 0.826. The van der Waals surface area contributed by atoms with Gasteiger partial charge in [-0.1, -0.05) is 36.8 Å². The average Bonchev–Trinajstić information content (AvgIpc) is 2.96. The Bertz CT molecular complexity index is 911. The predicted octanol–water partition coefficient (Wildman–Crippen LogP) is 1.50. The molecule has 1 aromatic heterocycles. The Hall–Kier alpha value is -2.74. The zero-order valence-corrected chi connectivity index (χ0v) is 17.0. The van der Waals surface area contributed by atoms with Crippen molar-refractivity contribution in [2.45, 2.75) is 31.7 Å². The van der Waals surface area contributed by atoms with Crippen LogP contribution < -0.4 is 0 Å². The zero-order valence-electron chi connectivity index (χ0n) is 17.0. The van der Waals surface area contributed by atoms with Gasteiger partial charge >= 0.3 is 0 Å². The number of nitrogens with one attached hydrogen (secondary N) is 1. The van der Waals surface area contributed by atoms with Crippen LogP contribution in [-0.4, -0.2) is 75.7 Å². The molecule has 3 aliphatic rings. The lowest BCUT2D eigenvalue weighted by Gasteiger charge is -2.35. The maximum absolute atomic E-state index is 13.2. The molecule has 8 heteroatoms. The molecule has 2 saturated heterocycles. The first-order valence-corrected chi connectivity index (χ1v) is 10.8. The van der Waals surface area contributed by atoms with Crippen molar-refractivity contribution >= 4 is 11.8 Å². The van der Waals surface area contributed by atoms with E-state index in [4.69, 9.17) is 4.74 Å². The number of hydrogen-bond donors (Lipinski definition) is 1. The maximum Gasteiger partial charge on any atom is 0.230 e. The minimum absolute atomic E-state index is 0.00389. The summed E-state index contributed by atoms with van der Waals surface area (Å²) in [4.78, 5) is 34.4. The van der Waals surface area contributed by atoms with E-state index in [1.54, 1.807) is 0 Å². The molecule has 0 unspecified atom stereocenters. The predicted molar refractivity (Wildman–Crippen MR) is 109 cm³/mol. The van der Waals surface area contributed by atoms with Crippen LogP contribution in [0.4, 0.5) is 0 Å². The number of benzene rings is 1. The molecular weight excluding hydrogens is 382 g/mol. The fraction of sp³-hybridized carbons (Fsp3) is 0.545. The molecule has 1 N–H and O–H groups in total. The van der Waals surface area contributed by atoms with Gasteiger partial charge in [0.1, 0.15) is 5.82 Å². The molecule has 1 saturated carbocycles. The van der Waals surface area contributed by atoms with Gasteiger partial charge in [-0.05, 0) is 12.8 Å². The van der Waals surface area contributed by atoms with E-state index in [0.717, 1.165) is 24.8 Å². The number of H-pyrrole nitrogens is 1. The van der Waals surface area contributed by atoms with E-state index < -0.39 is 0 Å². The SMILES string of the molecule is O=C(C1CCC1)N1C[C@@H]2COC[C@H](C1)N(C(=O)Cc1nc(-c3ccccc3)n[nH]1)C2. The molecule has 5 rings (SSSR count). The Morgan fingerprint density at radius 1 is 1.10 bits per heavy atom. The lowest BCUT2D eigenvalue weighted by Crippen LogP contribution is -2.49. The highest BCUT2D eigenvalue weighted by Gasteiger charge is 2.39. The van der Waals surface area contributed by atoms with Crippen LogP contribution in [0.3, 0.4) is 0 Å². The van der Waals surface area contributed by atoms with Crippen LogP contribution in [0.25, 0.3) is 11.4 Å². The first kappa shape index (κ1) is 19.2. The Balaban J connectivity index is 1.28. The number of hydrogen-bond acceptors (Lipinski definition) is 5. The maximum atomic E-state index is 13.2. The van der Waals surface area contributed by atoms with Crippen LogP contribution in [0.15, 0.2) is 30.3 Å². The van der Waals surface area contributed by atoms with Gasteiger partial charge in [0.15, 0.2) is 5.82 Å². The molecular formula is C22H27N5O3. The number of carbonyl (C=O) groups excluding carboxylic acids is 2. The summed E-state index contributed by atoms with van der Waals surface area (Å²) in [6.07, 6.45) is 3.31.